The molecule has 10 nitrogen and oxygen atoms in total. The monoisotopic (exact) mass is 456 g/mol. The number of sulfonamides is 1. The van der Waals surface area contributed by atoms with E-state index in [1.807, 2.05) is 25.1 Å². The quantitative estimate of drug-likeness (QED) is 0.467. The molecule has 0 aliphatic heterocycles. The lowest BCUT2D eigenvalue weighted by Gasteiger charge is -2.05. The van der Waals surface area contributed by atoms with Gasteiger partial charge in [-0.05, 0) is 30.7 Å². The van der Waals surface area contributed by atoms with E-state index in [-0.39, 0.29) is 11.9 Å². The zero-order valence-electron chi connectivity index (χ0n) is 17.0. The number of anilines is 1. The van der Waals surface area contributed by atoms with Gasteiger partial charge in [0.1, 0.15) is 6.54 Å². The third-order valence-corrected chi connectivity index (χ3v) is 5.03. The van der Waals surface area contributed by atoms with E-state index < -0.39 is 35.1 Å². The van der Waals surface area contributed by atoms with Gasteiger partial charge in [0.2, 0.25) is 15.9 Å². The average Bonchev–Trinajstić information content (AvgIpc) is 3.25. The van der Waals surface area contributed by atoms with Crippen molar-refractivity contribution >= 4 is 34.0 Å². The second kappa shape index (κ2) is 10.5. The summed E-state index contributed by atoms with van der Waals surface area (Å²) in [7, 11) is -3.86. The lowest BCUT2D eigenvalue weighted by Crippen LogP contribution is -2.31. The minimum Gasteiger partial charge on any atom is -0.455 e. The van der Waals surface area contributed by atoms with Crippen LogP contribution in [0.15, 0.2) is 64.4 Å². The molecule has 166 valence electrons. The van der Waals surface area contributed by atoms with Gasteiger partial charge in [0.15, 0.2) is 6.61 Å². The van der Waals surface area contributed by atoms with E-state index in [0.29, 0.717) is 11.1 Å². The highest BCUT2D eigenvalue weighted by Gasteiger charge is 2.14. The van der Waals surface area contributed by atoms with Gasteiger partial charge in [0.25, 0.3) is 5.91 Å². The van der Waals surface area contributed by atoms with E-state index in [2.05, 4.69) is 20.2 Å². The summed E-state index contributed by atoms with van der Waals surface area (Å²) in [5.41, 5.74) is 2.41. The summed E-state index contributed by atoms with van der Waals surface area (Å²) >= 11 is 0. The number of aromatic nitrogens is 2. The lowest BCUT2D eigenvalue weighted by atomic mass is 10.2. The smallest absolute Gasteiger partial charge is 0.322 e. The van der Waals surface area contributed by atoms with Crippen LogP contribution in [0, 0.1) is 6.92 Å². The number of carbonyl (C=O) groups is 2. The molecule has 0 atom stereocenters. The first-order valence-electron chi connectivity index (χ1n) is 9.39. The molecule has 0 unspecified atom stereocenters. The van der Waals surface area contributed by atoms with E-state index in [4.69, 9.17) is 9.15 Å². The van der Waals surface area contributed by atoms with E-state index in [0.717, 1.165) is 11.0 Å². The Morgan fingerprint density at radius 3 is 2.50 bits per heavy atom. The van der Waals surface area contributed by atoms with Crippen molar-refractivity contribution in [2.45, 2.75) is 6.92 Å². The Labute approximate surface area is 184 Å². The molecule has 0 aliphatic rings. The van der Waals surface area contributed by atoms with Gasteiger partial charge in [-0.1, -0.05) is 53.1 Å². The molecule has 0 spiro atoms. The average molecular weight is 456 g/mol. The molecule has 32 heavy (non-hydrogen) atoms. The van der Waals surface area contributed by atoms with E-state index in [1.165, 1.54) is 6.08 Å². The highest BCUT2D eigenvalue weighted by Crippen LogP contribution is 2.18. The minimum atomic E-state index is -3.86. The van der Waals surface area contributed by atoms with Gasteiger partial charge < -0.3 is 9.15 Å². The number of hydrogen-bond donors (Lipinski definition) is 2. The zero-order valence-corrected chi connectivity index (χ0v) is 17.8. The molecule has 0 radical (unpaired) electrons. The zero-order chi connectivity index (χ0) is 23.0. The fraction of sp³-hybridized carbons (Fsp3) is 0.143. The third kappa shape index (κ3) is 7.15. The Morgan fingerprint density at radius 2 is 1.78 bits per heavy atom. The number of benzene rings is 2. The first kappa shape index (κ1) is 22.8. The topological polar surface area (TPSA) is 140 Å². The Bertz CT molecular complexity index is 1200. The predicted octanol–water partition coefficient (Wildman–Crippen LogP) is 2.12. The standard InChI is InChI=1S/C21H20N4O6S/c1-15-7-9-16(10-8-15)11-12-32(28,29)22-13-19(27)30-14-18(26)23-21-25-24-20(31-21)17-5-3-2-4-6-17/h2-12,22H,13-14H2,1H3,(H,23,25,26). The first-order valence-corrected chi connectivity index (χ1v) is 10.9. The van der Waals surface area contributed by atoms with Crippen molar-refractivity contribution in [3.05, 3.63) is 71.1 Å². The minimum absolute atomic E-state index is 0.160. The van der Waals surface area contributed by atoms with Gasteiger partial charge in [0.05, 0.1) is 0 Å². The maximum atomic E-state index is 12.0. The number of aryl methyl sites for hydroxylation is 1. The number of esters is 1. The molecule has 0 bridgehead atoms. The molecular formula is C21H20N4O6S. The lowest BCUT2D eigenvalue weighted by molar-refractivity contribution is -0.146. The van der Waals surface area contributed by atoms with Gasteiger partial charge in [0, 0.05) is 11.0 Å². The largest absolute Gasteiger partial charge is 0.455 e. The fourth-order valence-corrected chi connectivity index (χ4v) is 3.13. The highest BCUT2D eigenvalue weighted by atomic mass is 32.2. The maximum absolute atomic E-state index is 12.0. The molecule has 2 aromatic carbocycles. The predicted molar refractivity (Wildman–Crippen MR) is 116 cm³/mol. The number of amides is 1. The summed E-state index contributed by atoms with van der Waals surface area (Å²) in [4.78, 5) is 23.6. The van der Waals surface area contributed by atoms with Crippen LogP contribution in [0.4, 0.5) is 6.01 Å². The van der Waals surface area contributed by atoms with Gasteiger partial charge in [-0.3, -0.25) is 14.9 Å². The Hall–Kier alpha value is -3.83. The summed E-state index contributed by atoms with van der Waals surface area (Å²) in [6.07, 6.45) is 1.40. The van der Waals surface area contributed by atoms with Crippen molar-refractivity contribution in [3.63, 3.8) is 0 Å². The summed E-state index contributed by atoms with van der Waals surface area (Å²) in [6.45, 7) is 0.636. The second-order valence-corrected chi connectivity index (χ2v) is 8.22. The fourth-order valence-electron chi connectivity index (χ4n) is 2.38. The molecule has 1 aromatic heterocycles. The maximum Gasteiger partial charge on any atom is 0.322 e. The van der Waals surface area contributed by atoms with Crippen molar-refractivity contribution in [1.82, 2.24) is 14.9 Å². The highest BCUT2D eigenvalue weighted by molar-refractivity contribution is 7.92. The van der Waals surface area contributed by atoms with Crippen molar-refractivity contribution in [3.8, 4) is 11.5 Å². The van der Waals surface area contributed by atoms with Crippen LogP contribution in [-0.2, 0) is 24.3 Å². The molecule has 3 rings (SSSR count). The van der Waals surface area contributed by atoms with E-state index >= 15 is 0 Å². The number of rotatable bonds is 9. The normalized spacial score (nSPS) is 11.4. The second-order valence-electron chi connectivity index (χ2n) is 6.57. The van der Waals surface area contributed by atoms with Crippen LogP contribution >= 0.6 is 0 Å². The SMILES string of the molecule is Cc1ccc(C=CS(=O)(=O)NCC(=O)OCC(=O)Nc2nnc(-c3ccccc3)o2)cc1. The molecule has 0 saturated carbocycles. The number of nitrogens with zero attached hydrogens (tertiary/aromatic N) is 2. The summed E-state index contributed by atoms with van der Waals surface area (Å²) in [5.74, 6) is -1.43. The number of hydrogen-bond acceptors (Lipinski definition) is 8. The molecule has 0 fully saturated rings. The van der Waals surface area contributed by atoms with Gasteiger partial charge in [-0.15, -0.1) is 5.10 Å². The number of nitrogens with one attached hydrogen (secondary N) is 2. The van der Waals surface area contributed by atoms with Gasteiger partial charge >= 0.3 is 12.0 Å². The number of ether oxygens (including phenoxy) is 1. The van der Waals surface area contributed by atoms with Crippen molar-refractivity contribution in [1.29, 1.82) is 0 Å². The van der Waals surface area contributed by atoms with Gasteiger partial charge in [-0.2, -0.15) is 0 Å². The van der Waals surface area contributed by atoms with Crippen molar-refractivity contribution in [2.24, 2.45) is 0 Å². The molecule has 1 heterocycles. The molecular weight excluding hydrogens is 436 g/mol. The molecule has 0 aliphatic carbocycles. The van der Waals surface area contributed by atoms with Crippen molar-refractivity contribution in [2.75, 3.05) is 18.5 Å². The van der Waals surface area contributed by atoms with Crippen LogP contribution in [0.25, 0.3) is 17.5 Å². The summed E-state index contributed by atoms with van der Waals surface area (Å²) in [6, 6.07) is 16.0. The molecule has 2 N–H and O–H groups in total. The van der Waals surface area contributed by atoms with Gasteiger partial charge in [-0.25, -0.2) is 13.1 Å². The summed E-state index contributed by atoms with van der Waals surface area (Å²) in [5, 5.41) is 10.7. The number of carbonyl (C=O) groups excluding carboxylic acids is 2. The van der Waals surface area contributed by atoms with E-state index in [1.54, 1.807) is 36.4 Å². The third-order valence-electron chi connectivity index (χ3n) is 3.99. The first-order chi connectivity index (χ1) is 15.3. The van der Waals surface area contributed by atoms with Crippen LogP contribution in [0.2, 0.25) is 0 Å². The van der Waals surface area contributed by atoms with Crippen LogP contribution in [0.5, 0.6) is 0 Å². The molecule has 3 aromatic rings. The van der Waals surface area contributed by atoms with E-state index in [9.17, 15) is 18.0 Å². The molecule has 0 saturated heterocycles. The Balaban J connectivity index is 1.42. The molecule has 1 amide bonds. The Morgan fingerprint density at radius 1 is 1.06 bits per heavy atom. The van der Waals surface area contributed by atoms with Crippen LogP contribution in [-0.4, -0.2) is 43.6 Å². The molecule has 11 heteroatoms. The van der Waals surface area contributed by atoms with Crippen LogP contribution in [0.1, 0.15) is 11.1 Å². The van der Waals surface area contributed by atoms with Crippen molar-refractivity contribution < 1.29 is 27.2 Å². The van der Waals surface area contributed by atoms with Crippen LogP contribution in [0.3, 0.4) is 0 Å². The Kier molecular flexibility index (Phi) is 7.47. The summed E-state index contributed by atoms with van der Waals surface area (Å²) < 4.78 is 36.1. The van der Waals surface area contributed by atoms with Crippen LogP contribution < -0.4 is 10.0 Å².